The molecule has 0 aliphatic heterocycles. The molecule has 4 aromatic rings. The van der Waals surface area contributed by atoms with Crippen molar-refractivity contribution in [1.29, 1.82) is 0 Å². The van der Waals surface area contributed by atoms with Gasteiger partial charge in [-0.15, -0.1) is 11.3 Å². The van der Waals surface area contributed by atoms with E-state index in [4.69, 9.17) is 0 Å². The Balaban J connectivity index is 1.44. The van der Waals surface area contributed by atoms with Crippen LogP contribution >= 0.6 is 23.1 Å². The van der Waals surface area contributed by atoms with Gasteiger partial charge in [-0.05, 0) is 25.1 Å². The number of thioether (sulfide) groups is 1. The number of nitrogens with zero attached hydrogens (tertiary/aromatic N) is 3. The Labute approximate surface area is 164 Å². The molecular formula is C20H16N4OS2. The number of aryl methyl sites for hydroxylation is 1. The SMILES string of the molecule is Cc1nc(-c2cccc(NC(=O)CSc3ncnc4ccccc34)c2)cs1. The molecule has 0 bridgehead atoms. The van der Waals surface area contributed by atoms with Gasteiger partial charge < -0.3 is 5.32 Å². The van der Waals surface area contributed by atoms with E-state index < -0.39 is 0 Å². The zero-order chi connectivity index (χ0) is 18.6. The van der Waals surface area contributed by atoms with Crippen LogP contribution in [-0.4, -0.2) is 26.6 Å². The lowest BCUT2D eigenvalue weighted by molar-refractivity contribution is -0.113. The fourth-order valence-electron chi connectivity index (χ4n) is 2.68. The van der Waals surface area contributed by atoms with Crippen molar-refractivity contribution in [3.05, 3.63) is 65.2 Å². The largest absolute Gasteiger partial charge is 0.325 e. The average Bonchev–Trinajstić information content (AvgIpc) is 3.13. The van der Waals surface area contributed by atoms with Crippen LogP contribution in [0.4, 0.5) is 5.69 Å². The van der Waals surface area contributed by atoms with Crippen LogP contribution in [0.3, 0.4) is 0 Å². The Kier molecular flexibility index (Phi) is 5.13. The summed E-state index contributed by atoms with van der Waals surface area (Å²) in [6.45, 7) is 1.98. The summed E-state index contributed by atoms with van der Waals surface area (Å²) in [5.41, 5.74) is 3.56. The number of thiazole rings is 1. The maximum absolute atomic E-state index is 12.4. The third kappa shape index (κ3) is 4.15. The molecule has 2 aromatic heterocycles. The quantitative estimate of drug-likeness (QED) is 0.391. The number of aromatic nitrogens is 3. The lowest BCUT2D eigenvalue weighted by Gasteiger charge is -2.07. The van der Waals surface area contributed by atoms with Crippen LogP contribution in [0.15, 0.2) is 65.3 Å². The van der Waals surface area contributed by atoms with Gasteiger partial charge >= 0.3 is 0 Å². The van der Waals surface area contributed by atoms with Crippen LogP contribution in [0.2, 0.25) is 0 Å². The standard InChI is InChI=1S/C20H16N4OS2/c1-13-23-18(10-26-13)14-5-4-6-15(9-14)24-19(25)11-27-20-16-7-2-3-8-17(16)21-12-22-20/h2-10,12H,11H2,1H3,(H,24,25). The first-order valence-corrected chi connectivity index (χ1v) is 10.2. The molecular weight excluding hydrogens is 376 g/mol. The van der Waals surface area contributed by atoms with E-state index in [2.05, 4.69) is 20.3 Å². The molecule has 2 heterocycles. The molecule has 2 aromatic carbocycles. The van der Waals surface area contributed by atoms with E-state index in [1.165, 1.54) is 18.1 Å². The molecule has 0 spiro atoms. The van der Waals surface area contributed by atoms with Crippen LogP contribution in [0.5, 0.6) is 0 Å². The van der Waals surface area contributed by atoms with Gasteiger partial charge in [0.2, 0.25) is 5.91 Å². The first-order valence-electron chi connectivity index (χ1n) is 8.34. The second kappa shape index (κ2) is 7.85. The van der Waals surface area contributed by atoms with Gasteiger partial charge in [0.15, 0.2) is 0 Å². The van der Waals surface area contributed by atoms with Gasteiger partial charge in [-0.1, -0.05) is 42.1 Å². The number of amides is 1. The molecule has 0 saturated carbocycles. The summed E-state index contributed by atoms with van der Waals surface area (Å²) in [4.78, 5) is 25.4. The maximum atomic E-state index is 12.4. The number of benzene rings is 2. The summed E-state index contributed by atoms with van der Waals surface area (Å²) in [7, 11) is 0. The van der Waals surface area contributed by atoms with E-state index >= 15 is 0 Å². The zero-order valence-electron chi connectivity index (χ0n) is 14.5. The lowest BCUT2D eigenvalue weighted by Crippen LogP contribution is -2.14. The van der Waals surface area contributed by atoms with Crippen molar-refractivity contribution in [3.8, 4) is 11.3 Å². The van der Waals surface area contributed by atoms with Gasteiger partial charge in [0.05, 0.1) is 22.0 Å². The number of para-hydroxylation sites is 1. The van der Waals surface area contributed by atoms with Crippen molar-refractivity contribution in [1.82, 2.24) is 15.0 Å². The highest BCUT2D eigenvalue weighted by atomic mass is 32.2. The van der Waals surface area contributed by atoms with Crippen molar-refractivity contribution >= 4 is 45.6 Å². The summed E-state index contributed by atoms with van der Waals surface area (Å²) in [6, 6.07) is 15.5. The second-order valence-electron chi connectivity index (χ2n) is 5.87. The van der Waals surface area contributed by atoms with E-state index in [1.54, 1.807) is 11.3 Å². The van der Waals surface area contributed by atoms with Crippen molar-refractivity contribution in [2.24, 2.45) is 0 Å². The number of carbonyl (C=O) groups excluding carboxylic acids is 1. The van der Waals surface area contributed by atoms with Gasteiger partial charge in [-0.2, -0.15) is 0 Å². The molecule has 0 atom stereocenters. The number of hydrogen-bond acceptors (Lipinski definition) is 6. The predicted molar refractivity (Wildman–Crippen MR) is 111 cm³/mol. The van der Waals surface area contributed by atoms with Crippen LogP contribution < -0.4 is 5.32 Å². The molecule has 4 rings (SSSR count). The Morgan fingerprint density at radius 3 is 2.89 bits per heavy atom. The fraction of sp³-hybridized carbons (Fsp3) is 0.100. The van der Waals surface area contributed by atoms with Gasteiger partial charge in [-0.25, -0.2) is 15.0 Å². The van der Waals surface area contributed by atoms with Crippen LogP contribution in [-0.2, 0) is 4.79 Å². The highest BCUT2D eigenvalue weighted by molar-refractivity contribution is 8.00. The molecule has 1 N–H and O–H groups in total. The number of rotatable bonds is 5. The van der Waals surface area contributed by atoms with E-state index in [9.17, 15) is 4.79 Å². The summed E-state index contributed by atoms with van der Waals surface area (Å²) in [5, 5.41) is 7.76. The van der Waals surface area contributed by atoms with Crippen LogP contribution in [0, 0.1) is 6.92 Å². The normalized spacial score (nSPS) is 10.9. The number of hydrogen-bond donors (Lipinski definition) is 1. The van der Waals surface area contributed by atoms with Gasteiger partial charge in [0, 0.05) is 22.0 Å². The first-order chi connectivity index (χ1) is 13.2. The number of fused-ring (bicyclic) bond motifs is 1. The maximum Gasteiger partial charge on any atom is 0.234 e. The monoisotopic (exact) mass is 392 g/mol. The summed E-state index contributed by atoms with van der Waals surface area (Å²) >= 11 is 3.02. The summed E-state index contributed by atoms with van der Waals surface area (Å²) < 4.78 is 0. The Hall–Kier alpha value is -2.77. The smallest absolute Gasteiger partial charge is 0.234 e. The molecule has 134 valence electrons. The minimum absolute atomic E-state index is 0.0747. The molecule has 1 amide bonds. The topological polar surface area (TPSA) is 67.8 Å². The molecule has 0 aliphatic rings. The lowest BCUT2D eigenvalue weighted by atomic mass is 10.1. The fourth-order valence-corrected chi connectivity index (χ4v) is 4.09. The minimum Gasteiger partial charge on any atom is -0.325 e. The Morgan fingerprint density at radius 2 is 2.04 bits per heavy atom. The van der Waals surface area contributed by atoms with Crippen molar-refractivity contribution in [3.63, 3.8) is 0 Å². The number of carbonyl (C=O) groups is 1. The molecule has 0 saturated heterocycles. The minimum atomic E-state index is -0.0747. The third-order valence-corrected chi connectivity index (χ3v) is 5.69. The number of anilines is 1. The predicted octanol–water partition coefficient (Wildman–Crippen LogP) is 4.79. The second-order valence-corrected chi connectivity index (χ2v) is 7.89. The van der Waals surface area contributed by atoms with Crippen molar-refractivity contribution < 1.29 is 4.79 Å². The van der Waals surface area contributed by atoms with Gasteiger partial charge in [0.1, 0.15) is 11.4 Å². The first kappa shape index (κ1) is 17.6. The average molecular weight is 393 g/mol. The molecule has 7 heteroatoms. The Bertz CT molecular complexity index is 1100. The van der Waals surface area contributed by atoms with E-state index in [0.29, 0.717) is 0 Å². The summed E-state index contributed by atoms with van der Waals surface area (Å²) in [5.74, 6) is 0.204. The van der Waals surface area contributed by atoms with Crippen LogP contribution in [0.25, 0.3) is 22.2 Å². The summed E-state index contributed by atoms with van der Waals surface area (Å²) in [6.07, 6.45) is 1.53. The van der Waals surface area contributed by atoms with Crippen molar-refractivity contribution in [2.75, 3.05) is 11.1 Å². The molecule has 5 nitrogen and oxygen atoms in total. The number of nitrogens with one attached hydrogen (secondary N) is 1. The van der Waals surface area contributed by atoms with Crippen molar-refractivity contribution in [2.45, 2.75) is 11.9 Å². The molecule has 0 aliphatic carbocycles. The zero-order valence-corrected chi connectivity index (χ0v) is 16.2. The van der Waals surface area contributed by atoms with E-state index in [-0.39, 0.29) is 11.7 Å². The molecule has 27 heavy (non-hydrogen) atoms. The van der Waals surface area contributed by atoms with E-state index in [0.717, 1.165) is 37.9 Å². The Morgan fingerprint density at radius 1 is 1.15 bits per heavy atom. The van der Waals surface area contributed by atoms with E-state index in [1.807, 2.05) is 60.8 Å². The third-order valence-electron chi connectivity index (χ3n) is 3.91. The molecule has 0 unspecified atom stereocenters. The van der Waals surface area contributed by atoms with Gasteiger partial charge in [-0.3, -0.25) is 4.79 Å². The van der Waals surface area contributed by atoms with Crippen LogP contribution in [0.1, 0.15) is 5.01 Å². The molecule has 0 fully saturated rings. The highest BCUT2D eigenvalue weighted by Crippen LogP contribution is 2.26. The highest BCUT2D eigenvalue weighted by Gasteiger charge is 2.09. The molecule has 0 radical (unpaired) electrons. The van der Waals surface area contributed by atoms with Gasteiger partial charge in [0.25, 0.3) is 0 Å².